The molecular formula is C13H20FN3O. The number of nitrogens with two attached hydrogens (primary N) is 1. The Labute approximate surface area is 107 Å². The molecule has 100 valence electrons. The zero-order valence-electron chi connectivity index (χ0n) is 11.0. The van der Waals surface area contributed by atoms with Crippen LogP contribution in [0.4, 0.5) is 10.1 Å². The Hall–Kier alpha value is -1.62. The largest absolute Gasteiger partial charge is 0.384 e. The van der Waals surface area contributed by atoms with Crippen LogP contribution in [0.5, 0.6) is 0 Å². The van der Waals surface area contributed by atoms with Crippen LogP contribution >= 0.6 is 0 Å². The highest BCUT2D eigenvalue weighted by Gasteiger charge is 2.19. The number of amidine groups is 1. The van der Waals surface area contributed by atoms with Crippen LogP contribution in [-0.2, 0) is 4.74 Å². The fraction of sp³-hybridized carbons (Fsp3) is 0.462. The van der Waals surface area contributed by atoms with Crippen LogP contribution in [0, 0.1) is 11.2 Å². The van der Waals surface area contributed by atoms with Crippen molar-refractivity contribution in [2.24, 2.45) is 5.73 Å². The molecule has 0 saturated heterocycles. The van der Waals surface area contributed by atoms with Crippen LogP contribution in [0.15, 0.2) is 18.2 Å². The number of benzene rings is 1. The molecule has 0 aliphatic rings. The van der Waals surface area contributed by atoms with Crippen LogP contribution in [-0.4, -0.2) is 32.1 Å². The van der Waals surface area contributed by atoms with Crippen molar-refractivity contribution >= 4 is 11.5 Å². The molecule has 0 aromatic heterocycles. The molecule has 0 fully saturated rings. The lowest BCUT2D eigenvalue weighted by Gasteiger charge is -2.31. The number of hydrogen-bond acceptors (Lipinski definition) is 3. The standard InChI is InChI=1S/C13H20FN3O/c1-4-17(9(2)8-18-3)11-7-5-6-10(14)12(11)13(15)16/h5-7,9H,4,8H2,1-3H3,(H3,15,16). The Morgan fingerprint density at radius 3 is 2.72 bits per heavy atom. The van der Waals surface area contributed by atoms with Gasteiger partial charge in [0, 0.05) is 19.7 Å². The molecule has 0 heterocycles. The first-order chi connectivity index (χ1) is 8.52. The number of nitrogen functional groups attached to an aromatic ring is 1. The highest BCUT2D eigenvalue weighted by atomic mass is 19.1. The second-order valence-corrected chi connectivity index (χ2v) is 4.14. The predicted octanol–water partition coefficient (Wildman–Crippen LogP) is 1.97. The fourth-order valence-electron chi connectivity index (χ4n) is 2.07. The molecule has 1 rings (SSSR count). The Morgan fingerprint density at radius 1 is 1.56 bits per heavy atom. The van der Waals surface area contributed by atoms with Gasteiger partial charge in [-0.1, -0.05) is 6.07 Å². The SMILES string of the molecule is CCN(c1cccc(F)c1C(=N)N)C(C)COC. The van der Waals surface area contributed by atoms with Crippen molar-refractivity contribution in [2.75, 3.05) is 25.2 Å². The molecule has 1 unspecified atom stereocenters. The van der Waals surface area contributed by atoms with Crippen LogP contribution in [0.3, 0.4) is 0 Å². The molecule has 18 heavy (non-hydrogen) atoms. The minimum Gasteiger partial charge on any atom is -0.384 e. The molecule has 0 bridgehead atoms. The second-order valence-electron chi connectivity index (χ2n) is 4.14. The van der Waals surface area contributed by atoms with E-state index in [1.807, 2.05) is 18.7 Å². The Balaban J connectivity index is 3.21. The Morgan fingerprint density at radius 2 is 2.22 bits per heavy atom. The van der Waals surface area contributed by atoms with Gasteiger partial charge < -0.3 is 15.4 Å². The average molecular weight is 253 g/mol. The Kier molecular flexibility index (Phi) is 5.09. The summed E-state index contributed by atoms with van der Waals surface area (Å²) in [6.07, 6.45) is 0. The molecule has 1 atom stereocenters. The van der Waals surface area contributed by atoms with E-state index in [0.29, 0.717) is 18.8 Å². The van der Waals surface area contributed by atoms with E-state index in [1.165, 1.54) is 6.07 Å². The summed E-state index contributed by atoms with van der Waals surface area (Å²) in [4.78, 5) is 1.98. The average Bonchev–Trinajstić information content (AvgIpc) is 2.29. The van der Waals surface area contributed by atoms with Gasteiger partial charge in [-0.05, 0) is 26.0 Å². The zero-order valence-corrected chi connectivity index (χ0v) is 11.0. The van der Waals surface area contributed by atoms with Gasteiger partial charge in [0.25, 0.3) is 0 Å². The van der Waals surface area contributed by atoms with Crippen molar-refractivity contribution in [3.05, 3.63) is 29.6 Å². The number of methoxy groups -OCH3 is 1. The van der Waals surface area contributed by atoms with E-state index >= 15 is 0 Å². The first-order valence-electron chi connectivity index (χ1n) is 5.91. The molecule has 0 spiro atoms. The number of ether oxygens (including phenoxy) is 1. The number of likely N-dealkylation sites (N-methyl/N-ethyl adjacent to an activating group) is 1. The highest BCUT2D eigenvalue weighted by Crippen LogP contribution is 2.24. The topological polar surface area (TPSA) is 62.3 Å². The lowest BCUT2D eigenvalue weighted by atomic mass is 10.1. The van der Waals surface area contributed by atoms with Crippen LogP contribution in [0.2, 0.25) is 0 Å². The minimum atomic E-state index is -0.469. The number of halogens is 1. The van der Waals surface area contributed by atoms with E-state index < -0.39 is 5.82 Å². The summed E-state index contributed by atoms with van der Waals surface area (Å²) in [5.41, 5.74) is 6.26. The monoisotopic (exact) mass is 253 g/mol. The molecule has 0 aliphatic heterocycles. The van der Waals surface area contributed by atoms with Gasteiger partial charge in [0.05, 0.1) is 17.9 Å². The molecule has 0 amide bonds. The molecular weight excluding hydrogens is 233 g/mol. The molecule has 0 saturated carbocycles. The van der Waals surface area contributed by atoms with Gasteiger partial charge in [0.15, 0.2) is 0 Å². The first-order valence-corrected chi connectivity index (χ1v) is 5.91. The summed E-state index contributed by atoms with van der Waals surface area (Å²) in [6, 6.07) is 4.80. The van der Waals surface area contributed by atoms with Crippen molar-refractivity contribution in [3.8, 4) is 0 Å². The van der Waals surface area contributed by atoms with Crippen molar-refractivity contribution < 1.29 is 9.13 Å². The maximum atomic E-state index is 13.8. The third-order valence-corrected chi connectivity index (χ3v) is 2.85. The summed E-state index contributed by atoms with van der Waals surface area (Å²) < 4.78 is 18.9. The van der Waals surface area contributed by atoms with Gasteiger partial charge in [-0.15, -0.1) is 0 Å². The molecule has 4 nitrogen and oxygen atoms in total. The van der Waals surface area contributed by atoms with Gasteiger partial charge in [0.1, 0.15) is 11.7 Å². The summed E-state index contributed by atoms with van der Waals surface area (Å²) in [6.45, 7) is 5.18. The zero-order chi connectivity index (χ0) is 13.7. The number of nitrogens with one attached hydrogen (secondary N) is 1. The fourth-order valence-corrected chi connectivity index (χ4v) is 2.07. The van der Waals surface area contributed by atoms with Crippen LogP contribution in [0.25, 0.3) is 0 Å². The van der Waals surface area contributed by atoms with E-state index in [4.69, 9.17) is 15.9 Å². The van der Waals surface area contributed by atoms with Crippen molar-refractivity contribution in [1.82, 2.24) is 0 Å². The summed E-state index contributed by atoms with van der Waals surface area (Å²) in [5, 5.41) is 7.51. The van der Waals surface area contributed by atoms with Crippen molar-refractivity contribution in [3.63, 3.8) is 0 Å². The maximum absolute atomic E-state index is 13.8. The molecule has 0 aliphatic carbocycles. The number of anilines is 1. The third kappa shape index (κ3) is 2.98. The normalized spacial score (nSPS) is 12.2. The van der Waals surface area contributed by atoms with Crippen molar-refractivity contribution in [2.45, 2.75) is 19.9 Å². The van der Waals surface area contributed by atoms with Gasteiger partial charge >= 0.3 is 0 Å². The molecule has 3 N–H and O–H groups in total. The summed E-state index contributed by atoms with van der Waals surface area (Å²) >= 11 is 0. The quantitative estimate of drug-likeness (QED) is 0.602. The van der Waals surface area contributed by atoms with Crippen molar-refractivity contribution in [1.29, 1.82) is 5.41 Å². The third-order valence-electron chi connectivity index (χ3n) is 2.85. The number of rotatable bonds is 6. The number of hydrogen-bond donors (Lipinski definition) is 2. The van der Waals surface area contributed by atoms with E-state index in [1.54, 1.807) is 19.2 Å². The van der Waals surface area contributed by atoms with E-state index in [9.17, 15) is 4.39 Å². The summed E-state index contributed by atoms with van der Waals surface area (Å²) in [7, 11) is 1.63. The first kappa shape index (κ1) is 14.4. The molecule has 1 aromatic carbocycles. The maximum Gasteiger partial charge on any atom is 0.136 e. The van der Waals surface area contributed by atoms with Gasteiger partial charge in [-0.3, -0.25) is 5.41 Å². The van der Waals surface area contributed by atoms with E-state index in [2.05, 4.69) is 0 Å². The minimum absolute atomic E-state index is 0.0832. The lowest BCUT2D eigenvalue weighted by Crippen LogP contribution is -2.37. The summed E-state index contributed by atoms with van der Waals surface area (Å²) in [5.74, 6) is -0.728. The van der Waals surface area contributed by atoms with Crippen LogP contribution in [0.1, 0.15) is 19.4 Å². The smallest absolute Gasteiger partial charge is 0.136 e. The molecule has 1 aromatic rings. The second kappa shape index (κ2) is 6.35. The lowest BCUT2D eigenvalue weighted by molar-refractivity contribution is 0.182. The molecule has 0 radical (unpaired) electrons. The van der Waals surface area contributed by atoms with Crippen LogP contribution < -0.4 is 10.6 Å². The highest BCUT2D eigenvalue weighted by molar-refractivity contribution is 6.00. The van der Waals surface area contributed by atoms with Gasteiger partial charge in [-0.25, -0.2) is 4.39 Å². The Bertz CT molecular complexity index is 423. The number of nitrogens with zero attached hydrogens (tertiary/aromatic N) is 1. The van der Waals surface area contributed by atoms with E-state index in [0.717, 1.165) is 0 Å². The predicted molar refractivity (Wildman–Crippen MR) is 71.8 cm³/mol. The van der Waals surface area contributed by atoms with Gasteiger partial charge in [0.2, 0.25) is 0 Å². The van der Waals surface area contributed by atoms with E-state index in [-0.39, 0.29) is 17.4 Å². The molecule has 5 heteroatoms. The van der Waals surface area contributed by atoms with Gasteiger partial charge in [-0.2, -0.15) is 0 Å².